The zero-order valence-corrected chi connectivity index (χ0v) is 13.7. The van der Waals surface area contributed by atoms with Crippen LogP contribution in [0, 0.1) is 0 Å². The van der Waals surface area contributed by atoms with Crippen LogP contribution >= 0.6 is 11.3 Å². The predicted octanol–water partition coefficient (Wildman–Crippen LogP) is 3.06. The van der Waals surface area contributed by atoms with E-state index in [2.05, 4.69) is 6.07 Å². The summed E-state index contributed by atoms with van der Waals surface area (Å²) in [5.41, 5.74) is 0. The molecule has 1 aromatic heterocycles. The van der Waals surface area contributed by atoms with Crippen molar-refractivity contribution in [1.82, 2.24) is 9.80 Å². The SMILES string of the molecule is C[C@@H](c1cccs1)N(C)C(=O)CCN1CCCCCC1=O. The maximum Gasteiger partial charge on any atom is 0.224 e. The molecule has 4 nitrogen and oxygen atoms in total. The van der Waals surface area contributed by atoms with Gasteiger partial charge in [0, 0.05) is 37.9 Å². The van der Waals surface area contributed by atoms with Gasteiger partial charge in [-0.2, -0.15) is 0 Å². The van der Waals surface area contributed by atoms with Gasteiger partial charge < -0.3 is 9.80 Å². The van der Waals surface area contributed by atoms with Gasteiger partial charge >= 0.3 is 0 Å². The lowest BCUT2D eigenvalue weighted by atomic mass is 10.2. The molecule has 1 aromatic rings. The van der Waals surface area contributed by atoms with Crippen LogP contribution in [0.15, 0.2) is 17.5 Å². The zero-order valence-electron chi connectivity index (χ0n) is 12.9. The van der Waals surface area contributed by atoms with Crippen LogP contribution < -0.4 is 0 Å². The van der Waals surface area contributed by atoms with Crippen molar-refractivity contribution in [3.8, 4) is 0 Å². The summed E-state index contributed by atoms with van der Waals surface area (Å²) in [6.45, 7) is 3.40. The molecule has 1 aliphatic heterocycles. The largest absolute Gasteiger partial charge is 0.342 e. The Morgan fingerprint density at radius 2 is 2.24 bits per heavy atom. The van der Waals surface area contributed by atoms with Crippen LogP contribution in [0.4, 0.5) is 0 Å². The van der Waals surface area contributed by atoms with Crippen molar-refractivity contribution in [3.63, 3.8) is 0 Å². The molecular weight excluding hydrogens is 284 g/mol. The maximum absolute atomic E-state index is 12.3. The van der Waals surface area contributed by atoms with Crippen molar-refractivity contribution in [3.05, 3.63) is 22.4 Å². The van der Waals surface area contributed by atoms with E-state index in [0.717, 1.165) is 25.8 Å². The van der Waals surface area contributed by atoms with Gasteiger partial charge in [-0.15, -0.1) is 11.3 Å². The van der Waals surface area contributed by atoms with Crippen molar-refractivity contribution in [2.24, 2.45) is 0 Å². The van der Waals surface area contributed by atoms with E-state index in [9.17, 15) is 9.59 Å². The average Bonchev–Trinajstić information content (AvgIpc) is 2.94. The first-order valence-corrected chi connectivity index (χ1v) is 8.54. The molecule has 0 N–H and O–H groups in total. The van der Waals surface area contributed by atoms with Gasteiger partial charge in [-0.3, -0.25) is 9.59 Å². The van der Waals surface area contributed by atoms with Gasteiger partial charge in [0.25, 0.3) is 0 Å². The molecule has 0 aliphatic carbocycles. The van der Waals surface area contributed by atoms with Gasteiger partial charge in [0.2, 0.25) is 11.8 Å². The Hall–Kier alpha value is -1.36. The van der Waals surface area contributed by atoms with E-state index in [-0.39, 0.29) is 17.9 Å². The minimum absolute atomic E-state index is 0.0948. The molecule has 0 bridgehead atoms. The van der Waals surface area contributed by atoms with E-state index in [1.54, 1.807) is 16.2 Å². The summed E-state index contributed by atoms with van der Waals surface area (Å²) in [7, 11) is 1.84. The molecule has 1 fully saturated rings. The first-order chi connectivity index (χ1) is 10.1. The number of amides is 2. The van der Waals surface area contributed by atoms with Gasteiger partial charge in [-0.25, -0.2) is 0 Å². The topological polar surface area (TPSA) is 40.6 Å². The van der Waals surface area contributed by atoms with E-state index in [0.29, 0.717) is 19.4 Å². The molecule has 0 aromatic carbocycles. The number of carbonyl (C=O) groups is 2. The summed E-state index contributed by atoms with van der Waals surface area (Å²) in [6, 6.07) is 4.15. The second-order valence-corrected chi connectivity index (χ2v) is 6.62. The second kappa shape index (κ2) is 7.59. The van der Waals surface area contributed by atoms with Crippen LogP contribution in [-0.4, -0.2) is 41.8 Å². The fourth-order valence-corrected chi connectivity index (χ4v) is 3.44. The Kier molecular flexibility index (Phi) is 5.79. The van der Waals surface area contributed by atoms with Crippen molar-refractivity contribution in [2.45, 2.75) is 45.1 Å². The molecule has 2 heterocycles. The number of hydrogen-bond acceptors (Lipinski definition) is 3. The highest BCUT2D eigenvalue weighted by Gasteiger charge is 2.21. The lowest BCUT2D eigenvalue weighted by molar-refractivity contribution is -0.134. The third-order valence-electron chi connectivity index (χ3n) is 4.20. The Bertz CT molecular complexity index is 473. The number of rotatable bonds is 5. The third-order valence-corrected chi connectivity index (χ3v) is 5.24. The summed E-state index contributed by atoms with van der Waals surface area (Å²) in [4.78, 5) is 29.1. The van der Waals surface area contributed by atoms with Crippen LogP contribution in [0.1, 0.15) is 49.9 Å². The van der Waals surface area contributed by atoms with E-state index in [4.69, 9.17) is 0 Å². The maximum atomic E-state index is 12.3. The quantitative estimate of drug-likeness (QED) is 0.839. The van der Waals surface area contributed by atoms with Gasteiger partial charge in [-0.1, -0.05) is 12.5 Å². The fraction of sp³-hybridized carbons (Fsp3) is 0.625. The van der Waals surface area contributed by atoms with Crippen LogP contribution in [0.2, 0.25) is 0 Å². The molecule has 1 atom stereocenters. The lowest BCUT2D eigenvalue weighted by Crippen LogP contribution is -2.36. The Balaban J connectivity index is 1.84. The van der Waals surface area contributed by atoms with Gasteiger partial charge in [0.05, 0.1) is 6.04 Å². The number of hydrogen-bond donors (Lipinski definition) is 0. The highest BCUT2D eigenvalue weighted by molar-refractivity contribution is 7.10. The number of thiophene rings is 1. The highest BCUT2D eigenvalue weighted by Crippen LogP contribution is 2.24. The molecule has 21 heavy (non-hydrogen) atoms. The van der Waals surface area contributed by atoms with Crippen LogP contribution in [0.5, 0.6) is 0 Å². The fourth-order valence-electron chi connectivity index (χ4n) is 2.62. The molecule has 2 amide bonds. The van der Waals surface area contributed by atoms with Gasteiger partial charge in [0.1, 0.15) is 0 Å². The molecule has 1 aliphatic rings. The second-order valence-electron chi connectivity index (χ2n) is 5.64. The minimum Gasteiger partial charge on any atom is -0.342 e. The van der Waals surface area contributed by atoms with E-state index in [1.165, 1.54) is 4.88 Å². The molecule has 2 rings (SSSR count). The van der Waals surface area contributed by atoms with Crippen molar-refractivity contribution >= 4 is 23.2 Å². The first-order valence-electron chi connectivity index (χ1n) is 7.66. The van der Waals surface area contributed by atoms with Crippen LogP contribution in [0.25, 0.3) is 0 Å². The number of carbonyl (C=O) groups excluding carboxylic acids is 2. The molecule has 0 spiro atoms. The molecule has 0 saturated carbocycles. The molecule has 116 valence electrons. The summed E-state index contributed by atoms with van der Waals surface area (Å²) in [5.74, 6) is 0.308. The van der Waals surface area contributed by atoms with Crippen molar-refractivity contribution < 1.29 is 9.59 Å². The minimum atomic E-state index is 0.0948. The predicted molar refractivity (Wildman–Crippen MR) is 85.2 cm³/mol. The Labute approximate surface area is 130 Å². The van der Waals surface area contributed by atoms with Crippen LogP contribution in [0.3, 0.4) is 0 Å². The molecule has 5 heteroatoms. The number of nitrogens with zero attached hydrogens (tertiary/aromatic N) is 2. The molecular formula is C16H24N2O2S. The van der Waals surface area contributed by atoms with E-state index < -0.39 is 0 Å². The molecule has 0 radical (unpaired) electrons. The summed E-state index contributed by atoms with van der Waals surface area (Å²) >= 11 is 1.67. The monoisotopic (exact) mass is 308 g/mol. The van der Waals surface area contributed by atoms with Crippen molar-refractivity contribution in [1.29, 1.82) is 0 Å². The lowest BCUT2D eigenvalue weighted by Gasteiger charge is -2.26. The average molecular weight is 308 g/mol. The van der Waals surface area contributed by atoms with Crippen LogP contribution in [-0.2, 0) is 9.59 Å². The molecule has 0 unspecified atom stereocenters. The summed E-state index contributed by atoms with van der Waals surface area (Å²) < 4.78 is 0. The first kappa shape index (κ1) is 16.0. The number of likely N-dealkylation sites (tertiary alicyclic amines) is 1. The summed E-state index contributed by atoms with van der Waals surface area (Å²) in [6.07, 6.45) is 4.21. The van der Waals surface area contributed by atoms with E-state index >= 15 is 0 Å². The summed E-state index contributed by atoms with van der Waals surface area (Å²) in [5, 5.41) is 2.03. The van der Waals surface area contributed by atoms with Gasteiger partial charge in [0.15, 0.2) is 0 Å². The Morgan fingerprint density at radius 1 is 1.43 bits per heavy atom. The third kappa shape index (κ3) is 4.30. The normalized spacial score (nSPS) is 17.4. The van der Waals surface area contributed by atoms with Crippen molar-refractivity contribution in [2.75, 3.05) is 20.1 Å². The van der Waals surface area contributed by atoms with Gasteiger partial charge in [-0.05, 0) is 31.2 Å². The highest BCUT2D eigenvalue weighted by atomic mass is 32.1. The molecule has 1 saturated heterocycles. The smallest absolute Gasteiger partial charge is 0.224 e. The zero-order chi connectivity index (χ0) is 15.2. The standard InChI is InChI=1S/C16H24N2O2S/c1-13(14-7-6-12-21-14)17(2)15(19)9-11-18-10-5-3-4-8-16(18)20/h6-7,12-13H,3-5,8-11H2,1-2H3/t13-/m0/s1. The van der Waals surface area contributed by atoms with E-state index in [1.807, 2.05) is 30.3 Å². The Morgan fingerprint density at radius 3 is 2.95 bits per heavy atom.